The van der Waals surface area contributed by atoms with Crippen LogP contribution in [0.3, 0.4) is 0 Å². The average Bonchev–Trinajstić information content (AvgIpc) is 3.09. The van der Waals surface area contributed by atoms with Gasteiger partial charge in [-0.1, -0.05) is 27.7 Å². The zero-order chi connectivity index (χ0) is 39.7. The molecule has 3 aliphatic heterocycles. The van der Waals surface area contributed by atoms with Gasteiger partial charge in [0.05, 0.1) is 47.6 Å². The maximum absolute atomic E-state index is 14.2. The molecule has 0 radical (unpaired) electrons. The van der Waals surface area contributed by atoms with Crippen LogP contribution in [0, 0.1) is 23.7 Å². The summed E-state index contributed by atoms with van der Waals surface area (Å²) < 4.78 is 43.9. The van der Waals surface area contributed by atoms with Crippen molar-refractivity contribution in [2.24, 2.45) is 23.7 Å². The van der Waals surface area contributed by atoms with Gasteiger partial charge in [0.15, 0.2) is 12.6 Å². The van der Waals surface area contributed by atoms with Gasteiger partial charge >= 0.3 is 5.97 Å². The highest BCUT2D eigenvalue weighted by Gasteiger charge is 2.54. The number of nitrogens with zero attached hydrogens (tertiary/aromatic N) is 1. The number of hydrogen-bond acceptors (Lipinski definition) is 14. The summed E-state index contributed by atoms with van der Waals surface area (Å²) in [5, 5.41) is 45.6. The zero-order valence-corrected chi connectivity index (χ0v) is 33.9. The van der Waals surface area contributed by atoms with E-state index in [2.05, 4.69) is 0 Å². The maximum Gasteiger partial charge on any atom is 0.311 e. The molecule has 0 bridgehead atoms. The molecule has 304 valence electrons. The number of carbonyl (C=O) groups excluding carboxylic acids is 2. The van der Waals surface area contributed by atoms with Gasteiger partial charge in [-0.25, -0.2) is 0 Å². The SMILES string of the molecule is CC[C@H]1OC(=O)[C@H](C)C(OC2CC(C)(OC)C(O)C(C)O2)[C@H](C)C(OC2OC(C)CC(N(C)C)C2O)[C@](C)(OC)C[C@@H](C)C(=O)[C@H](C)[C@@H](O)[C@]1(C)O. The van der Waals surface area contributed by atoms with E-state index in [1.807, 2.05) is 32.8 Å². The number of hydrogen-bond donors (Lipinski definition) is 4. The summed E-state index contributed by atoms with van der Waals surface area (Å²) in [4.78, 5) is 30.1. The lowest BCUT2D eigenvalue weighted by Gasteiger charge is -2.50. The molecule has 0 aliphatic carbocycles. The van der Waals surface area contributed by atoms with E-state index in [1.165, 1.54) is 21.1 Å². The minimum Gasteiger partial charge on any atom is -0.459 e. The van der Waals surface area contributed by atoms with Crippen LogP contribution in [0.25, 0.3) is 0 Å². The van der Waals surface area contributed by atoms with Gasteiger partial charge in [0, 0.05) is 44.4 Å². The molecule has 3 heterocycles. The summed E-state index contributed by atoms with van der Waals surface area (Å²) in [6, 6.07) is -0.283. The van der Waals surface area contributed by atoms with Gasteiger partial charge in [0.1, 0.15) is 29.7 Å². The fourth-order valence-corrected chi connectivity index (χ4v) is 8.58. The molecular weight excluding hydrogens is 678 g/mol. The lowest BCUT2D eigenvalue weighted by atomic mass is 9.74. The minimum atomic E-state index is -1.96. The van der Waals surface area contributed by atoms with Crippen molar-refractivity contribution in [1.82, 2.24) is 4.90 Å². The fourth-order valence-electron chi connectivity index (χ4n) is 8.58. The molecule has 18 atom stereocenters. The van der Waals surface area contributed by atoms with Crippen LogP contribution >= 0.6 is 0 Å². The minimum absolute atomic E-state index is 0.111. The van der Waals surface area contributed by atoms with Crippen molar-refractivity contribution in [3.05, 3.63) is 0 Å². The molecule has 3 saturated heterocycles. The van der Waals surface area contributed by atoms with Crippen molar-refractivity contribution in [1.29, 1.82) is 0 Å². The van der Waals surface area contributed by atoms with Crippen molar-refractivity contribution >= 4 is 11.8 Å². The number of aliphatic hydroxyl groups is 4. The third-order valence-corrected chi connectivity index (χ3v) is 12.3. The number of methoxy groups -OCH3 is 2. The average molecular weight is 748 g/mol. The summed E-state index contributed by atoms with van der Waals surface area (Å²) in [6.07, 6.45) is -8.73. The van der Waals surface area contributed by atoms with Crippen molar-refractivity contribution in [2.45, 2.75) is 179 Å². The first-order valence-electron chi connectivity index (χ1n) is 18.9. The zero-order valence-electron chi connectivity index (χ0n) is 33.9. The molecule has 0 saturated carbocycles. The Morgan fingerprint density at radius 1 is 0.846 bits per heavy atom. The molecule has 52 heavy (non-hydrogen) atoms. The topological polar surface area (TPSA) is 183 Å². The van der Waals surface area contributed by atoms with E-state index in [0.29, 0.717) is 6.42 Å². The number of ketones is 1. The summed E-state index contributed by atoms with van der Waals surface area (Å²) in [7, 11) is 6.77. The summed E-state index contributed by atoms with van der Waals surface area (Å²) in [6.45, 7) is 17.1. The highest BCUT2D eigenvalue weighted by atomic mass is 16.7. The first-order chi connectivity index (χ1) is 24.0. The number of cyclic esters (lactones) is 1. The standard InChI is InChI=1S/C38H69NO13/c1-15-26-38(10,45)31(42)21(4)28(40)19(2)17-37(9,47-14)33(52-35-29(41)25(39(11)12)16-20(3)48-35)22(5)30(23(6)34(44)50-26)51-27-18-36(8,46-13)32(43)24(7)49-27/h19-27,29-33,35,41-43,45H,15-18H2,1-14H3/t19-,20?,21+,22+,23-,24?,25?,26-,27?,29?,30?,31-,32?,33?,35?,36?,37-,38-/m1/s1. The molecular formula is C38H69NO13. The van der Waals surface area contributed by atoms with Crippen LogP contribution in [0.2, 0.25) is 0 Å². The number of carbonyl (C=O) groups is 2. The van der Waals surface area contributed by atoms with Gasteiger partial charge in [-0.15, -0.1) is 0 Å². The number of likely N-dealkylation sites (N-methyl/N-ethyl adjacent to an activating group) is 1. The van der Waals surface area contributed by atoms with Crippen molar-refractivity contribution < 1.29 is 63.2 Å². The van der Waals surface area contributed by atoms with E-state index in [-0.39, 0.29) is 37.2 Å². The molecule has 3 aliphatic rings. The van der Waals surface area contributed by atoms with Gasteiger partial charge in [-0.05, 0) is 74.9 Å². The number of esters is 1. The second kappa shape index (κ2) is 17.7. The van der Waals surface area contributed by atoms with Gasteiger partial charge in [-0.2, -0.15) is 0 Å². The molecule has 0 aromatic carbocycles. The Morgan fingerprint density at radius 3 is 1.98 bits per heavy atom. The number of ether oxygens (including phenoxy) is 7. The third-order valence-electron chi connectivity index (χ3n) is 12.3. The molecule has 0 spiro atoms. The van der Waals surface area contributed by atoms with Crippen LogP contribution in [-0.2, 0) is 42.7 Å². The molecule has 14 nitrogen and oxygen atoms in total. The Morgan fingerprint density at radius 2 is 1.44 bits per heavy atom. The van der Waals surface area contributed by atoms with Gasteiger partial charge in [0.25, 0.3) is 0 Å². The third kappa shape index (κ3) is 9.38. The molecule has 3 fully saturated rings. The van der Waals surface area contributed by atoms with E-state index < -0.39 is 102 Å². The highest BCUT2D eigenvalue weighted by molar-refractivity contribution is 5.83. The first kappa shape index (κ1) is 45.1. The fraction of sp³-hybridized carbons (Fsp3) is 0.947. The molecule has 0 aromatic heterocycles. The van der Waals surface area contributed by atoms with Crippen LogP contribution in [0.5, 0.6) is 0 Å². The molecule has 0 aromatic rings. The van der Waals surface area contributed by atoms with Crippen LogP contribution < -0.4 is 0 Å². The van der Waals surface area contributed by atoms with Crippen molar-refractivity contribution in [2.75, 3.05) is 28.3 Å². The largest absolute Gasteiger partial charge is 0.459 e. The van der Waals surface area contributed by atoms with E-state index in [0.717, 1.165) is 0 Å². The van der Waals surface area contributed by atoms with Gasteiger partial charge in [-0.3, -0.25) is 9.59 Å². The monoisotopic (exact) mass is 747 g/mol. The summed E-state index contributed by atoms with van der Waals surface area (Å²) in [5.41, 5.74) is -4.24. The van der Waals surface area contributed by atoms with Crippen LogP contribution in [-0.4, -0.2) is 150 Å². The van der Waals surface area contributed by atoms with Gasteiger partial charge < -0.3 is 58.5 Å². The molecule has 3 rings (SSSR count). The predicted molar refractivity (Wildman–Crippen MR) is 191 cm³/mol. The van der Waals surface area contributed by atoms with E-state index in [1.54, 1.807) is 48.5 Å². The smallest absolute Gasteiger partial charge is 0.311 e. The summed E-state index contributed by atoms with van der Waals surface area (Å²) in [5.74, 6) is -4.47. The predicted octanol–water partition coefficient (Wildman–Crippen LogP) is 2.44. The second-order valence-electron chi connectivity index (χ2n) is 16.6. The molecule has 0 amide bonds. The van der Waals surface area contributed by atoms with E-state index in [9.17, 15) is 30.0 Å². The molecule has 10 unspecified atom stereocenters. The Hall–Kier alpha value is -1.30. The van der Waals surface area contributed by atoms with Crippen molar-refractivity contribution in [3.8, 4) is 0 Å². The molecule has 14 heteroatoms. The lowest BCUT2D eigenvalue weighted by molar-refractivity contribution is -0.319. The highest BCUT2D eigenvalue weighted by Crippen LogP contribution is 2.41. The number of rotatable bonds is 8. The maximum atomic E-state index is 14.2. The van der Waals surface area contributed by atoms with Crippen molar-refractivity contribution in [3.63, 3.8) is 0 Å². The summed E-state index contributed by atoms with van der Waals surface area (Å²) >= 11 is 0. The Bertz CT molecular complexity index is 1190. The Kier molecular flexibility index (Phi) is 15.3. The quantitative estimate of drug-likeness (QED) is 0.266. The number of Topliss-reactive ketones (excluding diaryl/α,β-unsaturated/α-hetero) is 1. The first-order valence-corrected chi connectivity index (χ1v) is 18.9. The van der Waals surface area contributed by atoms with Gasteiger partial charge in [0.2, 0.25) is 0 Å². The molecule has 4 N–H and O–H groups in total. The number of aliphatic hydroxyl groups excluding tert-OH is 3. The lowest BCUT2D eigenvalue weighted by Crippen LogP contribution is -2.61. The second-order valence-corrected chi connectivity index (χ2v) is 16.6. The van der Waals surface area contributed by atoms with E-state index >= 15 is 0 Å². The normalized spacial score (nSPS) is 49.0. The van der Waals surface area contributed by atoms with Crippen LogP contribution in [0.15, 0.2) is 0 Å². The Labute approximate surface area is 310 Å². The van der Waals surface area contributed by atoms with E-state index in [4.69, 9.17) is 33.2 Å². The Balaban J connectivity index is 2.22. The van der Waals surface area contributed by atoms with Crippen LogP contribution in [0.1, 0.15) is 94.9 Å². The van der Waals surface area contributed by atoms with Crippen LogP contribution in [0.4, 0.5) is 0 Å².